The Kier molecular flexibility index (Phi) is 16.8. The fourth-order valence-electron chi connectivity index (χ4n) is 1.00. The summed E-state index contributed by atoms with van der Waals surface area (Å²) in [5.74, 6) is -0.935. The van der Waals surface area contributed by atoms with Crippen molar-refractivity contribution in [1.82, 2.24) is 5.06 Å². The second kappa shape index (κ2) is 11.4. The molecule has 1 heterocycles. The second-order valence-electron chi connectivity index (χ2n) is 2.57. The first-order chi connectivity index (χ1) is 6.22. The van der Waals surface area contributed by atoms with Crippen molar-refractivity contribution in [3.8, 4) is 0 Å². The van der Waals surface area contributed by atoms with Crippen molar-refractivity contribution >= 4 is 16.4 Å². The Morgan fingerprint density at radius 3 is 1.81 bits per heavy atom. The van der Waals surface area contributed by atoms with Gasteiger partial charge in [-0.3, -0.25) is 13.2 Å². The Labute approximate surface area is 178 Å². The van der Waals surface area contributed by atoms with Gasteiger partial charge in [-0.15, -0.1) is 0 Å². The van der Waals surface area contributed by atoms with Gasteiger partial charge in [0.15, 0.2) is 0 Å². The number of hydrogen-bond donors (Lipinski definition) is 2. The van der Waals surface area contributed by atoms with Crippen LogP contribution < -0.4 is 103 Å². The van der Waals surface area contributed by atoms with Crippen LogP contribution in [0.5, 0.6) is 0 Å². The zero-order chi connectivity index (χ0) is 11.4. The molecule has 0 saturated carbocycles. The maximum Gasteiger partial charge on any atom is 1.00 e. The van der Waals surface area contributed by atoms with Gasteiger partial charge in [0.1, 0.15) is 6.04 Å². The molecule has 1 saturated heterocycles. The van der Waals surface area contributed by atoms with E-state index in [-0.39, 0.29) is 103 Å². The van der Waals surface area contributed by atoms with E-state index < -0.39 is 22.4 Å². The number of carboxylic acids is 1. The van der Waals surface area contributed by atoms with Gasteiger partial charge in [0, 0.05) is 16.9 Å². The van der Waals surface area contributed by atoms with Gasteiger partial charge in [0.2, 0.25) is 0 Å². The van der Waals surface area contributed by atoms with Crippen LogP contribution >= 0.6 is 0 Å². The van der Waals surface area contributed by atoms with Gasteiger partial charge in [-0.05, 0) is 12.8 Å². The van der Waals surface area contributed by atoms with E-state index in [1.807, 2.05) is 0 Å². The van der Waals surface area contributed by atoms with Crippen molar-refractivity contribution in [2.24, 2.45) is 0 Å². The molecule has 16 heavy (non-hydrogen) atoms. The summed E-state index contributed by atoms with van der Waals surface area (Å²) in [4.78, 5) is 10.2. The fourth-order valence-corrected chi connectivity index (χ4v) is 1.00. The number of carboxylic acid groups (broad SMARTS) is 1. The first kappa shape index (κ1) is 23.6. The zero-order valence-electron chi connectivity index (χ0n) is 8.99. The van der Waals surface area contributed by atoms with Gasteiger partial charge in [-0.1, -0.05) is 0 Å². The number of nitrogens with zero attached hydrogens (tertiary/aromatic N) is 1. The molecule has 1 atom stereocenters. The van der Waals surface area contributed by atoms with Gasteiger partial charge in [0.25, 0.3) is 0 Å². The predicted octanol–water partition coefficient (Wildman–Crippen LogP) is -7.41. The van der Waals surface area contributed by atoms with E-state index in [2.05, 4.69) is 0 Å². The normalized spacial score (nSPS) is 19.8. The average molecular weight is 305 g/mol. The van der Waals surface area contributed by atoms with E-state index in [0.717, 1.165) is 11.5 Å². The third-order valence-electron chi connectivity index (χ3n) is 1.51. The number of carbonyl (C=O) groups is 1. The maximum absolute atomic E-state index is 10.2. The van der Waals surface area contributed by atoms with Crippen LogP contribution in [0, 0.1) is 0 Å². The van der Waals surface area contributed by atoms with Crippen LogP contribution in [-0.2, 0) is 15.2 Å². The number of hydrogen-bond acceptors (Lipinski definition) is 7. The number of hydroxylamine groups is 2. The molecule has 0 bridgehead atoms. The van der Waals surface area contributed by atoms with Gasteiger partial charge in [-0.2, -0.15) is 5.06 Å². The van der Waals surface area contributed by atoms with Crippen LogP contribution in [0.4, 0.5) is 0 Å². The minimum absolute atomic E-state index is 0. The SMILES string of the molecule is O=C(O)[C@@H]1CCCN1O.O=S(=O)([O-])[O-].[K+].[K+]. The molecule has 0 spiro atoms. The van der Waals surface area contributed by atoms with E-state index in [0.29, 0.717) is 13.0 Å². The zero-order valence-corrected chi connectivity index (χ0v) is 16.1. The molecule has 84 valence electrons. The summed E-state index contributed by atoms with van der Waals surface area (Å²) in [5.41, 5.74) is 0. The molecule has 2 N–H and O–H groups in total. The molecule has 0 aliphatic carbocycles. The third-order valence-corrected chi connectivity index (χ3v) is 1.51. The van der Waals surface area contributed by atoms with Gasteiger partial charge >= 0.3 is 109 Å². The molecule has 0 amide bonds. The van der Waals surface area contributed by atoms with Crippen molar-refractivity contribution in [1.29, 1.82) is 0 Å². The van der Waals surface area contributed by atoms with Crippen LogP contribution in [0.25, 0.3) is 0 Å². The summed E-state index contributed by atoms with van der Waals surface area (Å²) in [5, 5.41) is 18.1. The van der Waals surface area contributed by atoms with Crippen LogP contribution in [0.2, 0.25) is 0 Å². The van der Waals surface area contributed by atoms with Crippen LogP contribution in [-0.4, -0.2) is 51.5 Å². The van der Waals surface area contributed by atoms with Crippen molar-refractivity contribution in [3.63, 3.8) is 0 Å². The van der Waals surface area contributed by atoms with Crippen molar-refractivity contribution in [2.75, 3.05) is 6.54 Å². The van der Waals surface area contributed by atoms with Crippen LogP contribution in [0.15, 0.2) is 0 Å². The first-order valence-corrected chi connectivity index (χ1v) is 4.90. The molecule has 11 heteroatoms. The van der Waals surface area contributed by atoms with Crippen LogP contribution in [0.3, 0.4) is 0 Å². The number of rotatable bonds is 1. The Morgan fingerprint density at radius 1 is 1.31 bits per heavy atom. The Bertz CT molecular complexity index is 287. The van der Waals surface area contributed by atoms with E-state index >= 15 is 0 Å². The van der Waals surface area contributed by atoms with Gasteiger partial charge < -0.3 is 19.4 Å². The smallest absolute Gasteiger partial charge is 0.759 e. The maximum atomic E-state index is 10.2. The molecule has 0 radical (unpaired) electrons. The van der Waals surface area contributed by atoms with Crippen molar-refractivity contribution in [2.45, 2.75) is 18.9 Å². The van der Waals surface area contributed by atoms with E-state index in [1.54, 1.807) is 0 Å². The Hall–Kier alpha value is 2.53. The summed E-state index contributed by atoms with van der Waals surface area (Å²) in [7, 11) is -5.17. The largest absolute Gasteiger partial charge is 1.00 e. The molecule has 1 fully saturated rings. The first-order valence-electron chi connectivity index (χ1n) is 3.57. The van der Waals surface area contributed by atoms with E-state index in [4.69, 9.17) is 27.8 Å². The molecular weight excluding hydrogens is 296 g/mol. The summed E-state index contributed by atoms with van der Waals surface area (Å²) in [6, 6.07) is -0.662. The molecule has 8 nitrogen and oxygen atoms in total. The molecule has 1 aliphatic heterocycles. The molecular formula is C5H9K2NO7S. The number of aliphatic carboxylic acids is 1. The van der Waals surface area contributed by atoms with Crippen molar-refractivity contribution in [3.05, 3.63) is 0 Å². The third kappa shape index (κ3) is 14.6. The predicted molar refractivity (Wildman–Crippen MR) is 39.6 cm³/mol. The molecule has 1 aliphatic rings. The summed E-state index contributed by atoms with van der Waals surface area (Å²) in [6.07, 6.45) is 1.33. The Balaban J connectivity index is -0.000000214. The van der Waals surface area contributed by atoms with E-state index in [9.17, 15) is 4.79 Å². The molecule has 0 aromatic heterocycles. The monoisotopic (exact) mass is 305 g/mol. The average Bonchev–Trinajstić information content (AvgIpc) is 2.30. The van der Waals surface area contributed by atoms with Gasteiger partial charge in [-0.25, -0.2) is 0 Å². The fraction of sp³-hybridized carbons (Fsp3) is 0.800. The molecule has 1 rings (SSSR count). The standard InChI is InChI=1S/C5H9NO3.2K.H2O4S/c7-5(8)4-2-1-3-6(4)9;;;1-5(2,3)4/h4,9H,1-3H2,(H,7,8);;;(H2,1,2,3,4)/q;2*+1;/p-2/t4-;;;/m0.../s1. The van der Waals surface area contributed by atoms with Crippen LogP contribution in [0.1, 0.15) is 12.8 Å². The van der Waals surface area contributed by atoms with Gasteiger partial charge in [0.05, 0.1) is 0 Å². The minimum Gasteiger partial charge on any atom is -0.759 e. The quantitative estimate of drug-likeness (QED) is 0.276. The second-order valence-corrected chi connectivity index (χ2v) is 3.38. The van der Waals surface area contributed by atoms with Crippen molar-refractivity contribution < 1.29 is 135 Å². The Morgan fingerprint density at radius 2 is 1.69 bits per heavy atom. The molecule has 0 aromatic carbocycles. The minimum atomic E-state index is -5.17. The summed E-state index contributed by atoms with van der Waals surface area (Å²) < 4.78 is 34.1. The topological polar surface area (TPSA) is 141 Å². The molecule has 0 aromatic rings. The summed E-state index contributed by atoms with van der Waals surface area (Å²) >= 11 is 0. The molecule has 0 unspecified atom stereocenters. The summed E-state index contributed by atoms with van der Waals surface area (Å²) in [6.45, 7) is 0.483. The van der Waals surface area contributed by atoms with E-state index in [1.165, 1.54) is 0 Å².